The second kappa shape index (κ2) is 2.80. The molecule has 1 heterocycles. The fourth-order valence-electron chi connectivity index (χ4n) is 1.54. The van der Waals surface area contributed by atoms with E-state index in [0.29, 0.717) is 0 Å². The molecule has 1 atom stereocenters. The van der Waals surface area contributed by atoms with Crippen LogP contribution < -0.4 is 0 Å². The normalized spacial score (nSPS) is 32.6. The Morgan fingerprint density at radius 2 is 2.18 bits per heavy atom. The molecular weight excluding hydrogens is 138 g/mol. The van der Waals surface area contributed by atoms with E-state index in [2.05, 4.69) is 18.0 Å². The third-order valence-corrected chi connectivity index (χ3v) is 2.50. The van der Waals surface area contributed by atoms with Gasteiger partial charge in [-0.05, 0) is 27.6 Å². The number of nitrogens with zero attached hydrogens (tertiary/aromatic N) is 3. The van der Waals surface area contributed by atoms with Crippen LogP contribution in [0.15, 0.2) is 0 Å². The maximum absolute atomic E-state index is 8.99. The van der Waals surface area contributed by atoms with E-state index in [1.165, 1.54) is 0 Å². The smallest absolute Gasteiger partial charge is 0.122 e. The topological polar surface area (TPSA) is 30.3 Å². The van der Waals surface area contributed by atoms with Gasteiger partial charge in [0.1, 0.15) is 5.54 Å². The van der Waals surface area contributed by atoms with Crippen LogP contribution in [0.25, 0.3) is 0 Å². The molecule has 0 N–H and O–H groups in total. The van der Waals surface area contributed by atoms with Crippen LogP contribution in [-0.4, -0.2) is 49.6 Å². The molecule has 0 aromatic rings. The monoisotopic (exact) mass is 153 g/mol. The summed E-state index contributed by atoms with van der Waals surface area (Å²) in [6.45, 7) is 1.90. The van der Waals surface area contributed by atoms with Crippen molar-refractivity contribution >= 4 is 0 Å². The van der Waals surface area contributed by atoms with Crippen molar-refractivity contribution < 1.29 is 0 Å². The van der Waals surface area contributed by atoms with Crippen molar-refractivity contribution in [1.29, 1.82) is 5.26 Å². The molecule has 1 fully saturated rings. The van der Waals surface area contributed by atoms with Gasteiger partial charge in [-0.25, -0.2) is 0 Å². The Hall–Kier alpha value is -0.590. The highest BCUT2D eigenvalue weighted by Crippen LogP contribution is 2.23. The van der Waals surface area contributed by atoms with Crippen LogP contribution in [0.1, 0.15) is 6.42 Å². The Bertz CT molecular complexity index is 182. The summed E-state index contributed by atoms with van der Waals surface area (Å²) in [6.07, 6.45) is 0.965. The zero-order chi connectivity index (χ0) is 8.48. The summed E-state index contributed by atoms with van der Waals surface area (Å²) >= 11 is 0. The molecule has 1 aliphatic rings. The maximum atomic E-state index is 8.99. The first-order valence-corrected chi connectivity index (χ1v) is 3.88. The Morgan fingerprint density at radius 1 is 1.55 bits per heavy atom. The highest BCUT2D eigenvalue weighted by molar-refractivity contribution is 5.12. The van der Waals surface area contributed by atoms with Gasteiger partial charge < -0.3 is 4.90 Å². The van der Waals surface area contributed by atoms with E-state index in [1.54, 1.807) is 0 Å². The lowest BCUT2D eigenvalue weighted by atomic mass is 10.00. The molecule has 0 amide bonds. The summed E-state index contributed by atoms with van der Waals surface area (Å²) in [5.41, 5.74) is -0.227. The van der Waals surface area contributed by atoms with Gasteiger partial charge in [0.2, 0.25) is 0 Å². The van der Waals surface area contributed by atoms with Gasteiger partial charge in [0.25, 0.3) is 0 Å². The first-order chi connectivity index (χ1) is 5.10. The van der Waals surface area contributed by atoms with Crippen LogP contribution in [0, 0.1) is 11.3 Å². The second-order valence-electron chi connectivity index (χ2n) is 3.53. The van der Waals surface area contributed by atoms with Gasteiger partial charge in [-0.3, -0.25) is 4.90 Å². The number of likely N-dealkylation sites (N-methyl/N-ethyl adjacent to an activating group) is 2. The molecule has 1 aliphatic heterocycles. The lowest BCUT2D eigenvalue weighted by Crippen LogP contribution is -2.44. The predicted octanol–water partition coefficient (Wildman–Crippen LogP) is 0.146. The largest absolute Gasteiger partial charge is 0.303 e. The molecule has 0 aromatic heterocycles. The highest BCUT2D eigenvalue weighted by Gasteiger charge is 2.38. The fraction of sp³-hybridized carbons (Fsp3) is 0.875. The first-order valence-electron chi connectivity index (χ1n) is 3.88. The summed E-state index contributed by atoms with van der Waals surface area (Å²) in [6, 6.07) is 2.39. The number of likely N-dealkylation sites (tertiary alicyclic amines) is 1. The minimum absolute atomic E-state index is 0.227. The Kier molecular flexibility index (Phi) is 2.17. The summed E-state index contributed by atoms with van der Waals surface area (Å²) in [7, 11) is 6.01. The molecule has 3 heteroatoms. The molecule has 1 unspecified atom stereocenters. The molecule has 3 nitrogen and oxygen atoms in total. The van der Waals surface area contributed by atoms with Crippen molar-refractivity contribution in [2.24, 2.45) is 0 Å². The van der Waals surface area contributed by atoms with Crippen LogP contribution in [0.2, 0.25) is 0 Å². The first kappa shape index (κ1) is 8.51. The summed E-state index contributed by atoms with van der Waals surface area (Å²) in [5.74, 6) is 0. The van der Waals surface area contributed by atoms with Crippen molar-refractivity contribution in [3.8, 4) is 6.07 Å². The predicted molar refractivity (Wildman–Crippen MR) is 44.1 cm³/mol. The van der Waals surface area contributed by atoms with Crippen molar-refractivity contribution in [2.45, 2.75) is 12.0 Å². The average molecular weight is 153 g/mol. The zero-order valence-electron chi connectivity index (χ0n) is 7.46. The molecule has 0 spiro atoms. The van der Waals surface area contributed by atoms with Gasteiger partial charge >= 0.3 is 0 Å². The zero-order valence-corrected chi connectivity index (χ0v) is 7.46. The van der Waals surface area contributed by atoms with E-state index in [-0.39, 0.29) is 5.54 Å². The molecule has 0 radical (unpaired) electrons. The Morgan fingerprint density at radius 3 is 2.36 bits per heavy atom. The van der Waals surface area contributed by atoms with Crippen LogP contribution in [-0.2, 0) is 0 Å². The number of hydrogen-bond acceptors (Lipinski definition) is 3. The quantitative estimate of drug-likeness (QED) is 0.537. The molecule has 0 aliphatic carbocycles. The standard InChI is InChI=1S/C8H15N3/c1-10(2)8(6-9)4-5-11(3)7-8/h4-5,7H2,1-3H3. The van der Waals surface area contributed by atoms with E-state index in [1.807, 2.05) is 19.0 Å². The van der Waals surface area contributed by atoms with Gasteiger partial charge in [-0.15, -0.1) is 0 Å². The van der Waals surface area contributed by atoms with Crippen LogP contribution in [0.4, 0.5) is 0 Å². The van der Waals surface area contributed by atoms with E-state index in [0.717, 1.165) is 19.5 Å². The Labute approximate surface area is 68.2 Å². The molecule has 11 heavy (non-hydrogen) atoms. The van der Waals surface area contributed by atoms with E-state index >= 15 is 0 Å². The molecule has 0 aromatic carbocycles. The van der Waals surface area contributed by atoms with Gasteiger partial charge in [-0.2, -0.15) is 5.26 Å². The number of rotatable bonds is 1. The lowest BCUT2D eigenvalue weighted by molar-refractivity contribution is 0.219. The van der Waals surface area contributed by atoms with E-state index < -0.39 is 0 Å². The van der Waals surface area contributed by atoms with Crippen LogP contribution in [0.3, 0.4) is 0 Å². The van der Waals surface area contributed by atoms with Crippen LogP contribution >= 0.6 is 0 Å². The van der Waals surface area contributed by atoms with Crippen molar-refractivity contribution in [2.75, 3.05) is 34.2 Å². The molecule has 1 rings (SSSR count). The summed E-state index contributed by atoms with van der Waals surface area (Å²) in [5, 5.41) is 8.99. The van der Waals surface area contributed by atoms with Crippen molar-refractivity contribution in [1.82, 2.24) is 9.80 Å². The van der Waals surface area contributed by atoms with Gasteiger partial charge in [-0.1, -0.05) is 0 Å². The highest BCUT2D eigenvalue weighted by atomic mass is 15.2. The minimum atomic E-state index is -0.227. The molecule has 0 saturated carbocycles. The van der Waals surface area contributed by atoms with E-state index in [4.69, 9.17) is 5.26 Å². The molecule has 62 valence electrons. The number of nitriles is 1. The summed E-state index contributed by atoms with van der Waals surface area (Å²) < 4.78 is 0. The van der Waals surface area contributed by atoms with Crippen molar-refractivity contribution in [3.05, 3.63) is 0 Å². The average Bonchev–Trinajstić information content (AvgIpc) is 2.33. The molecule has 0 bridgehead atoms. The van der Waals surface area contributed by atoms with Crippen molar-refractivity contribution in [3.63, 3.8) is 0 Å². The van der Waals surface area contributed by atoms with Gasteiger partial charge in [0.15, 0.2) is 0 Å². The molecule has 1 saturated heterocycles. The third-order valence-electron chi connectivity index (χ3n) is 2.50. The Balaban J connectivity index is 2.73. The fourth-order valence-corrected chi connectivity index (χ4v) is 1.54. The molecular formula is C8H15N3. The minimum Gasteiger partial charge on any atom is -0.303 e. The second-order valence-corrected chi connectivity index (χ2v) is 3.53. The van der Waals surface area contributed by atoms with Gasteiger partial charge in [0, 0.05) is 13.1 Å². The maximum Gasteiger partial charge on any atom is 0.122 e. The summed E-state index contributed by atoms with van der Waals surface area (Å²) in [4.78, 5) is 4.22. The lowest BCUT2D eigenvalue weighted by Gasteiger charge is -2.28. The number of hydrogen-bond donors (Lipinski definition) is 0. The SMILES string of the molecule is CN1CCC(C#N)(N(C)C)C1. The van der Waals surface area contributed by atoms with Gasteiger partial charge in [0.05, 0.1) is 6.07 Å². The van der Waals surface area contributed by atoms with E-state index in [9.17, 15) is 0 Å². The van der Waals surface area contributed by atoms with Crippen LogP contribution in [0.5, 0.6) is 0 Å². The third kappa shape index (κ3) is 1.37.